The number of alkyl halides is 1. The number of hydrogen-bond donors (Lipinski definition) is 0. The molecule has 1 aliphatic heterocycles. The van der Waals surface area contributed by atoms with Gasteiger partial charge in [0.05, 0.1) is 12.7 Å². The fraction of sp³-hybridized carbons (Fsp3) is 0.750. The van der Waals surface area contributed by atoms with Crippen molar-refractivity contribution in [3.63, 3.8) is 0 Å². The van der Waals surface area contributed by atoms with Crippen molar-refractivity contribution in [3.8, 4) is 6.07 Å². The van der Waals surface area contributed by atoms with Crippen molar-refractivity contribution >= 4 is 15.9 Å². The van der Waals surface area contributed by atoms with Crippen LogP contribution in [0, 0.1) is 11.3 Å². The molecule has 0 aliphatic carbocycles. The van der Waals surface area contributed by atoms with E-state index in [1.807, 2.05) is 6.07 Å². The molecule has 1 heterocycles. The molecule has 1 saturated heterocycles. The first-order valence-electron chi connectivity index (χ1n) is 2.00. The van der Waals surface area contributed by atoms with Crippen LogP contribution in [0.5, 0.6) is 0 Å². The molecule has 1 fully saturated rings. The smallest absolute Gasteiger partial charge is 0.130 e. The van der Waals surface area contributed by atoms with Gasteiger partial charge in [0.15, 0.2) is 0 Å². The minimum atomic E-state index is -0.0903. The average Bonchev–Trinajstić information content (AvgIpc) is 2.44. The van der Waals surface area contributed by atoms with E-state index >= 15 is 0 Å². The Morgan fingerprint density at radius 1 is 2.00 bits per heavy atom. The molecule has 2 atom stereocenters. The molecule has 0 aromatic carbocycles. The maximum absolute atomic E-state index is 8.17. The van der Waals surface area contributed by atoms with Crippen LogP contribution in [-0.2, 0) is 4.74 Å². The molecular formula is C4H4BrNO. The lowest BCUT2D eigenvalue weighted by molar-refractivity contribution is 0.416. The van der Waals surface area contributed by atoms with Gasteiger partial charge in [-0.1, -0.05) is 15.9 Å². The molecule has 0 aromatic rings. The monoisotopic (exact) mass is 161 g/mol. The minimum Gasteiger partial charge on any atom is -0.371 e. The second kappa shape index (κ2) is 1.81. The second-order valence-corrected chi connectivity index (χ2v) is 2.39. The quantitative estimate of drug-likeness (QED) is 0.419. The number of nitriles is 1. The van der Waals surface area contributed by atoms with Gasteiger partial charge < -0.3 is 4.74 Å². The maximum atomic E-state index is 8.17. The van der Waals surface area contributed by atoms with Gasteiger partial charge >= 0.3 is 0 Å². The highest BCUT2D eigenvalue weighted by molar-refractivity contribution is 9.09. The molecule has 0 saturated carbocycles. The first-order valence-corrected chi connectivity index (χ1v) is 2.91. The molecule has 0 bridgehead atoms. The lowest BCUT2D eigenvalue weighted by Gasteiger charge is -1.85. The normalized spacial score (nSPS) is 31.1. The first kappa shape index (κ1) is 5.07. The standard InChI is InChI=1S/C4H4BrNO/c5-3(1-6)4-2-7-4/h3-4H,2H2/t3-,4+/m0/s1. The molecule has 7 heavy (non-hydrogen) atoms. The molecule has 0 unspecified atom stereocenters. The van der Waals surface area contributed by atoms with Gasteiger partial charge in [-0.2, -0.15) is 5.26 Å². The Labute approximate surface area is 50.2 Å². The van der Waals surface area contributed by atoms with Crippen LogP contribution < -0.4 is 0 Å². The lowest BCUT2D eigenvalue weighted by atomic mass is 10.4. The summed E-state index contributed by atoms with van der Waals surface area (Å²) in [4.78, 5) is -0.0903. The van der Waals surface area contributed by atoms with Crippen LogP contribution in [0.1, 0.15) is 0 Å². The second-order valence-electron chi connectivity index (χ2n) is 1.40. The molecule has 0 radical (unpaired) electrons. The van der Waals surface area contributed by atoms with Crippen LogP contribution in [-0.4, -0.2) is 17.5 Å². The molecule has 0 amide bonds. The zero-order valence-corrected chi connectivity index (χ0v) is 5.18. The van der Waals surface area contributed by atoms with Crippen LogP contribution in [0.25, 0.3) is 0 Å². The van der Waals surface area contributed by atoms with E-state index in [9.17, 15) is 0 Å². The fourth-order valence-electron chi connectivity index (χ4n) is 0.308. The topological polar surface area (TPSA) is 36.3 Å². The van der Waals surface area contributed by atoms with Gasteiger partial charge in [0.1, 0.15) is 10.9 Å². The summed E-state index contributed by atoms with van der Waals surface area (Å²) in [6.07, 6.45) is 0.171. The van der Waals surface area contributed by atoms with Crippen molar-refractivity contribution in [2.75, 3.05) is 6.61 Å². The maximum Gasteiger partial charge on any atom is 0.130 e. The van der Waals surface area contributed by atoms with Gasteiger partial charge in [0.2, 0.25) is 0 Å². The summed E-state index contributed by atoms with van der Waals surface area (Å²) >= 11 is 3.12. The van der Waals surface area contributed by atoms with Gasteiger partial charge in [-0.05, 0) is 0 Å². The number of epoxide rings is 1. The Bertz CT molecular complexity index is 105. The molecule has 1 aliphatic rings. The van der Waals surface area contributed by atoms with Gasteiger partial charge in [0, 0.05) is 0 Å². The van der Waals surface area contributed by atoms with Crippen molar-refractivity contribution in [1.82, 2.24) is 0 Å². The summed E-state index contributed by atoms with van der Waals surface area (Å²) in [7, 11) is 0. The Balaban J connectivity index is 2.27. The fourth-order valence-corrected chi connectivity index (χ4v) is 0.613. The van der Waals surface area contributed by atoms with E-state index in [2.05, 4.69) is 15.9 Å². The summed E-state index contributed by atoms with van der Waals surface area (Å²) in [6.45, 7) is 0.740. The number of halogens is 1. The van der Waals surface area contributed by atoms with Gasteiger partial charge in [-0.15, -0.1) is 0 Å². The number of rotatable bonds is 1. The number of nitrogens with zero attached hydrogens (tertiary/aromatic N) is 1. The van der Waals surface area contributed by atoms with Crippen LogP contribution in [0.3, 0.4) is 0 Å². The highest BCUT2D eigenvalue weighted by Crippen LogP contribution is 2.19. The van der Waals surface area contributed by atoms with Crippen LogP contribution in [0.2, 0.25) is 0 Å². The zero-order valence-electron chi connectivity index (χ0n) is 3.60. The third-order valence-electron chi connectivity index (χ3n) is 0.809. The predicted molar refractivity (Wildman–Crippen MR) is 28.1 cm³/mol. The van der Waals surface area contributed by atoms with E-state index in [4.69, 9.17) is 10.00 Å². The van der Waals surface area contributed by atoms with Gasteiger partial charge in [-0.25, -0.2) is 0 Å². The molecule has 38 valence electrons. The van der Waals surface area contributed by atoms with Crippen molar-refractivity contribution in [2.45, 2.75) is 10.9 Å². The number of hydrogen-bond acceptors (Lipinski definition) is 2. The largest absolute Gasteiger partial charge is 0.371 e. The van der Waals surface area contributed by atoms with E-state index in [1.165, 1.54) is 0 Å². The Hall–Kier alpha value is -0.0700. The van der Waals surface area contributed by atoms with Crippen LogP contribution in [0.4, 0.5) is 0 Å². The van der Waals surface area contributed by atoms with E-state index in [0.29, 0.717) is 0 Å². The SMILES string of the molecule is N#C[C@H](Br)[C@H]1CO1. The van der Waals surface area contributed by atoms with Gasteiger partial charge in [-0.3, -0.25) is 0 Å². The minimum absolute atomic E-state index is 0.0903. The molecular weight excluding hydrogens is 158 g/mol. The van der Waals surface area contributed by atoms with E-state index in [1.54, 1.807) is 0 Å². The summed E-state index contributed by atoms with van der Waals surface area (Å²) in [5.74, 6) is 0. The van der Waals surface area contributed by atoms with E-state index in [0.717, 1.165) is 6.61 Å². The lowest BCUT2D eigenvalue weighted by Crippen LogP contribution is -2.00. The Morgan fingerprint density at radius 3 is 2.71 bits per heavy atom. The molecule has 1 rings (SSSR count). The third-order valence-corrected chi connectivity index (χ3v) is 1.60. The summed E-state index contributed by atoms with van der Waals surface area (Å²) in [5, 5.41) is 8.17. The zero-order chi connectivity index (χ0) is 5.28. The molecule has 0 N–H and O–H groups in total. The van der Waals surface area contributed by atoms with Gasteiger partial charge in [0.25, 0.3) is 0 Å². The molecule has 0 spiro atoms. The summed E-state index contributed by atoms with van der Waals surface area (Å²) in [6, 6.07) is 2.02. The molecule has 0 aromatic heterocycles. The third kappa shape index (κ3) is 1.15. The summed E-state index contributed by atoms with van der Waals surface area (Å²) < 4.78 is 4.79. The van der Waals surface area contributed by atoms with Crippen molar-refractivity contribution in [3.05, 3.63) is 0 Å². The average molecular weight is 162 g/mol. The van der Waals surface area contributed by atoms with E-state index in [-0.39, 0.29) is 10.9 Å². The van der Waals surface area contributed by atoms with E-state index < -0.39 is 0 Å². The Morgan fingerprint density at radius 2 is 2.57 bits per heavy atom. The van der Waals surface area contributed by atoms with Crippen LogP contribution >= 0.6 is 15.9 Å². The van der Waals surface area contributed by atoms with Crippen molar-refractivity contribution in [1.29, 1.82) is 5.26 Å². The predicted octanol–water partition coefficient (Wildman–Crippen LogP) is 0.672. The van der Waals surface area contributed by atoms with Crippen LogP contribution in [0.15, 0.2) is 0 Å². The number of ether oxygens (including phenoxy) is 1. The highest BCUT2D eigenvalue weighted by Gasteiger charge is 2.30. The highest BCUT2D eigenvalue weighted by atomic mass is 79.9. The molecule has 3 heteroatoms. The van der Waals surface area contributed by atoms with Crippen molar-refractivity contribution in [2.24, 2.45) is 0 Å². The molecule has 2 nitrogen and oxygen atoms in total. The van der Waals surface area contributed by atoms with Crippen molar-refractivity contribution < 1.29 is 4.74 Å². The first-order chi connectivity index (χ1) is 3.34. The summed E-state index contributed by atoms with van der Waals surface area (Å²) in [5.41, 5.74) is 0. The Kier molecular flexibility index (Phi) is 1.31.